The summed E-state index contributed by atoms with van der Waals surface area (Å²) in [6, 6.07) is 8.48. The predicted octanol–water partition coefficient (Wildman–Crippen LogP) is 3.77. The summed E-state index contributed by atoms with van der Waals surface area (Å²) < 4.78 is 13.3. The molecule has 0 unspecified atom stereocenters. The van der Waals surface area contributed by atoms with Crippen LogP contribution in [0.2, 0.25) is 0 Å². The van der Waals surface area contributed by atoms with Gasteiger partial charge in [-0.3, -0.25) is 0 Å². The topological polar surface area (TPSA) is 56.7 Å². The fraction of sp³-hybridized carbons (Fsp3) is 0.312. The molecule has 0 aliphatic carbocycles. The van der Waals surface area contributed by atoms with E-state index in [4.69, 9.17) is 0 Å². The van der Waals surface area contributed by atoms with Crippen LogP contribution in [0, 0.1) is 12.7 Å². The maximum absolute atomic E-state index is 13.3. The van der Waals surface area contributed by atoms with Crippen LogP contribution in [0.4, 0.5) is 4.39 Å². The molecule has 0 aliphatic rings. The van der Waals surface area contributed by atoms with E-state index < -0.39 is 5.82 Å². The first-order valence-corrected chi connectivity index (χ1v) is 7.95. The number of phenolic OH excluding ortho intramolecular Hbond substituents is 1. The van der Waals surface area contributed by atoms with E-state index in [0.29, 0.717) is 24.6 Å². The minimum atomic E-state index is -0.625. The monoisotopic (exact) mass is 449 g/mol. The van der Waals surface area contributed by atoms with E-state index in [2.05, 4.69) is 34.7 Å². The van der Waals surface area contributed by atoms with Crippen molar-refractivity contribution in [2.45, 2.75) is 26.9 Å². The summed E-state index contributed by atoms with van der Waals surface area (Å²) in [5.41, 5.74) is 0.708. The third-order valence-corrected chi connectivity index (χ3v) is 4.00. The number of phenols is 1. The number of hydrogen-bond acceptors (Lipinski definition) is 3. The van der Waals surface area contributed by atoms with Crippen molar-refractivity contribution in [1.29, 1.82) is 0 Å². The molecule has 0 atom stereocenters. The van der Waals surface area contributed by atoms with Gasteiger partial charge < -0.3 is 15.7 Å². The zero-order valence-electron chi connectivity index (χ0n) is 13.1. The summed E-state index contributed by atoms with van der Waals surface area (Å²) in [7, 11) is 0. The zero-order valence-corrected chi connectivity index (χ0v) is 16.2. The number of hydrogen-bond donors (Lipinski definition) is 3. The normalized spacial score (nSPS) is 11.0. The Morgan fingerprint density at radius 2 is 2.04 bits per heavy atom. The number of nitrogens with zero attached hydrogens (tertiary/aromatic N) is 1. The van der Waals surface area contributed by atoms with Gasteiger partial charge >= 0.3 is 0 Å². The lowest BCUT2D eigenvalue weighted by Crippen LogP contribution is -2.36. The number of nitrogens with one attached hydrogen (secondary N) is 2. The first kappa shape index (κ1) is 19.7. The quantitative estimate of drug-likeness (QED) is 0.370. The number of rotatable bonds is 5. The van der Waals surface area contributed by atoms with Crippen LogP contribution in [-0.4, -0.2) is 17.6 Å². The molecule has 126 valence electrons. The smallest absolute Gasteiger partial charge is 0.191 e. The van der Waals surface area contributed by atoms with Gasteiger partial charge in [0, 0.05) is 16.3 Å². The highest BCUT2D eigenvalue weighted by Gasteiger charge is 2.03. The minimum absolute atomic E-state index is 0. The highest BCUT2D eigenvalue weighted by molar-refractivity contribution is 14.0. The Kier molecular flexibility index (Phi) is 8.32. The molecule has 0 aliphatic heterocycles. The van der Waals surface area contributed by atoms with Crippen LogP contribution < -0.4 is 10.6 Å². The Balaban J connectivity index is 0.00000264. The fourth-order valence-corrected chi connectivity index (χ4v) is 2.74. The molecule has 1 aromatic heterocycles. The number of thiophene rings is 1. The highest BCUT2D eigenvalue weighted by Crippen LogP contribution is 2.17. The van der Waals surface area contributed by atoms with Crippen molar-refractivity contribution in [3.05, 3.63) is 51.5 Å². The molecule has 0 amide bonds. The summed E-state index contributed by atoms with van der Waals surface area (Å²) in [6.45, 7) is 5.86. The standard InChI is InChI=1S/C16H20FN3OS.HI/c1-3-18-16(20-10-13-6-4-11(2)22-13)19-9-12-5-7-15(21)14(17)8-12;/h4-8,21H,3,9-10H2,1-2H3,(H2,18,19,20);1H. The Morgan fingerprint density at radius 1 is 1.26 bits per heavy atom. The van der Waals surface area contributed by atoms with Crippen molar-refractivity contribution >= 4 is 41.3 Å². The molecule has 23 heavy (non-hydrogen) atoms. The van der Waals surface area contributed by atoms with Crippen LogP contribution in [-0.2, 0) is 13.1 Å². The van der Waals surface area contributed by atoms with E-state index in [9.17, 15) is 9.50 Å². The second-order valence-electron chi connectivity index (χ2n) is 4.85. The van der Waals surface area contributed by atoms with E-state index >= 15 is 0 Å². The lowest BCUT2D eigenvalue weighted by molar-refractivity contribution is 0.432. The predicted molar refractivity (Wildman–Crippen MR) is 104 cm³/mol. The summed E-state index contributed by atoms with van der Waals surface area (Å²) in [6.07, 6.45) is 0. The van der Waals surface area contributed by atoms with Crippen LogP contribution in [0.5, 0.6) is 5.75 Å². The van der Waals surface area contributed by atoms with Crippen LogP contribution >= 0.6 is 35.3 Å². The van der Waals surface area contributed by atoms with Crippen molar-refractivity contribution in [1.82, 2.24) is 10.6 Å². The van der Waals surface area contributed by atoms with Gasteiger partial charge in [-0.05, 0) is 43.7 Å². The number of aliphatic imine (C=N–C) groups is 1. The van der Waals surface area contributed by atoms with Crippen LogP contribution in [0.1, 0.15) is 22.2 Å². The van der Waals surface area contributed by atoms with Gasteiger partial charge in [0.05, 0.1) is 13.1 Å². The van der Waals surface area contributed by atoms with Crippen molar-refractivity contribution in [2.24, 2.45) is 4.99 Å². The second kappa shape index (κ2) is 9.71. The highest BCUT2D eigenvalue weighted by atomic mass is 127. The Morgan fingerprint density at radius 3 is 2.65 bits per heavy atom. The van der Waals surface area contributed by atoms with E-state index in [1.54, 1.807) is 17.4 Å². The van der Waals surface area contributed by atoms with E-state index in [1.165, 1.54) is 21.9 Å². The Hall–Kier alpha value is -1.35. The van der Waals surface area contributed by atoms with Gasteiger partial charge in [0.25, 0.3) is 0 Å². The maximum atomic E-state index is 13.3. The van der Waals surface area contributed by atoms with Gasteiger partial charge in [0.1, 0.15) is 0 Å². The Bertz CT molecular complexity index is 661. The first-order chi connectivity index (χ1) is 10.6. The van der Waals surface area contributed by atoms with Crippen molar-refractivity contribution in [2.75, 3.05) is 6.54 Å². The average molecular weight is 449 g/mol. The minimum Gasteiger partial charge on any atom is -0.505 e. The second-order valence-corrected chi connectivity index (χ2v) is 6.22. The van der Waals surface area contributed by atoms with Gasteiger partial charge in [0.15, 0.2) is 17.5 Å². The zero-order chi connectivity index (χ0) is 15.9. The van der Waals surface area contributed by atoms with Gasteiger partial charge in [-0.2, -0.15) is 0 Å². The SMILES string of the molecule is CCNC(=NCc1ccc(O)c(F)c1)NCc1ccc(C)s1.I. The van der Waals surface area contributed by atoms with Gasteiger partial charge in [-0.1, -0.05) is 6.07 Å². The molecule has 1 aromatic carbocycles. The third kappa shape index (κ3) is 6.34. The molecule has 1 heterocycles. The molecule has 3 N–H and O–H groups in total. The van der Waals surface area contributed by atoms with Crippen LogP contribution in [0.25, 0.3) is 0 Å². The summed E-state index contributed by atoms with van der Waals surface area (Å²) in [4.78, 5) is 6.94. The number of aromatic hydroxyl groups is 1. The molecule has 4 nitrogen and oxygen atoms in total. The first-order valence-electron chi connectivity index (χ1n) is 7.13. The summed E-state index contributed by atoms with van der Waals surface area (Å²) in [5, 5.41) is 15.6. The fourth-order valence-electron chi connectivity index (χ4n) is 1.91. The molecule has 0 fully saturated rings. The van der Waals surface area contributed by atoms with E-state index in [-0.39, 0.29) is 29.7 Å². The molecule has 7 heteroatoms. The molecule has 0 saturated carbocycles. The summed E-state index contributed by atoms with van der Waals surface area (Å²) in [5.74, 6) is -0.285. The van der Waals surface area contributed by atoms with Crippen LogP contribution in [0.15, 0.2) is 35.3 Å². The molecular weight excluding hydrogens is 428 g/mol. The molecule has 2 aromatic rings. The molecule has 0 radical (unpaired) electrons. The van der Waals surface area contributed by atoms with Gasteiger partial charge in [-0.25, -0.2) is 9.38 Å². The van der Waals surface area contributed by atoms with Crippen molar-refractivity contribution < 1.29 is 9.50 Å². The molecule has 0 saturated heterocycles. The summed E-state index contributed by atoms with van der Waals surface area (Å²) >= 11 is 1.74. The average Bonchev–Trinajstić information content (AvgIpc) is 2.91. The van der Waals surface area contributed by atoms with E-state index in [0.717, 1.165) is 6.54 Å². The molecule has 0 spiro atoms. The van der Waals surface area contributed by atoms with Crippen LogP contribution in [0.3, 0.4) is 0 Å². The van der Waals surface area contributed by atoms with E-state index in [1.807, 2.05) is 6.92 Å². The largest absolute Gasteiger partial charge is 0.505 e. The molecule has 2 rings (SSSR count). The molecular formula is C16H21FIN3OS. The number of benzene rings is 1. The van der Waals surface area contributed by atoms with Gasteiger partial charge in [0.2, 0.25) is 0 Å². The van der Waals surface area contributed by atoms with Crippen molar-refractivity contribution in [3.8, 4) is 5.75 Å². The van der Waals surface area contributed by atoms with Crippen molar-refractivity contribution in [3.63, 3.8) is 0 Å². The maximum Gasteiger partial charge on any atom is 0.191 e. The molecule has 0 bridgehead atoms. The lowest BCUT2D eigenvalue weighted by atomic mass is 10.2. The van der Waals surface area contributed by atoms with Gasteiger partial charge in [-0.15, -0.1) is 35.3 Å². The number of guanidine groups is 1. The Labute approximate surface area is 156 Å². The number of halogens is 2. The number of aryl methyl sites for hydroxylation is 1. The lowest BCUT2D eigenvalue weighted by Gasteiger charge is -2.10. The third-order valence-electron chi connectivity index (χ3n) is 3.00.